The van der Waals surface area contributed by atoms with Crippen LogP contribution in [0.1, 0.15) is 17.0 Å². The second-order valence-electron chi connectivity index (χ2n) is 3.23. The second kappa shape index (κ2) is 4.37. The van der Waals surface area contributed by atoms with Gasteiger partial charge < -0.3 is 5.32 Å². The summed E-state index contributed by atoms with van der Waals surface area (Å²) in [5.41, 5.74) is 0.640. The van der Waals surface area contributed by atoms with Crippen molar-refractivity contribution in [1.29, 1.82) is 0 Å². The van der Waals surface area contributed by atoms with Crippen LogP contribution in [-0.4, -0.2) is 11.5 Å². The maximum Gasteiger partial charge on any atom is 0.433 e. The number of alkyl halides is 3. The van der Waals surface area contributed by atoms with Gasteiger partial charge in [0, 0.05) is 25.2 Å². The van der Waals surface area contributed by atoms with Crippen molar-refractivity contribution in [2.45, 2.75) is 19.1 Å². The summed E-state index contributed by atoms with van der Waals surface area (Å²) in [6.07, 6.45) is -3.76. The summed E-state index contributed by atoms with van der Waals surface area (Å²) in [7, 11) is 0. The minimum Gasteiger partial charge on any atom is -0.312 e. The highest BCUT2D eigenvalue weighted by molar-refractivity contribution is 5.85. The molecule has 84 valence electrons. The highest BCUT2D eigenvalue weighted by Gasteiger charge is 2.33. The minimum absolute atomic E-state index is 0. The molecule has 1 aromatic heterocycles. The molecule has 0 spiro atoms. The van der Waals surface area contributed by atoms with Crippen molar-refractivity contribution in [1.82, 2.24) is 10.3 Å². The zero-order valence-corrected chi connectivity index (χ0v) is 8.58. The van der Waals surface area contributed by atoms with Crippen molar-refractivity contribution in [2.75, 3.05) is 6.54 Å². The van der Waals surface area contributed by atoms with Crippen molar-refractivity contribution < 1.29 is 13.2 Å². The standard InChI is InChI=1S/C9H9F3N2.ClH/c10-9(11,12)8-2-1-6-5-13-4-3-7(6)14-8;/h1-2,13H,3-5H2;1H. The molecule has 2 rings (SSSR count). The van der Waals surface area contributed by atoms with E-state index in [1.54, 1.807) is 0 Å². The van der Waals surface area contributed by atoms with Crippen LogP contribution in [0.3, 0.4) is 0 Å². The van der Waals surface area contributed by atoms with Gasteiger partial charge in [-0.25, -0.2) is 4.98 Å². The SMILES string of the molecule is Cl.FC(F)(F)c1ccc2c(n1)CCNC2. The molecule has 0 radical (unpaired) electrons. The molecular weight excluding hydrogens is 229 g/mol. The van der Waals surface area contributed by atoms with Gasteiger partial charge in [0.2, 0.25) is 0 Å². The number of nitrogens with one attached hydrogen (secondary N) is 1. The van der Waals surface area contributed by atoms with E-state index in [9.17, 15) is 13.2 Å². The number of hydrogen-bond donors (Lipinski definition) is 1. The molecule has 0 saturated heterocycles. The fourth-order valence-electron chi connectivity index (χ4n) is 1.50. The Morgan fingerprint density at radius 3 is 2.67 bits per heavy atom. The van der Waals surface area contributed by atoms with Gasteiger partial charge in [0.25, 0.3) is 0 Å². The smallest absolute Gasteiger partial charge is 0.312 e. The molecule has 0 saturated carbocycles. The third-order valence-corrected chi connectivity index (χ3v) is 2.21. The normalized spacial score (nSPS) is 15.4. The molecule has 0 atom stereocenters. The van der Waals surface area contributed by atoms with Crippen molar-refractivity contribution in [2.24, 2.45) is 0 Å². The van der Waals surface area contributed by atoms with Crippen molar-refractivity contribution >= 4 is 12.4 Å². The van der Waals surface area contributed by atoms with E-state index in [1.165, 1.54) is 6.07 Å². The molecule has 1 aliphatic heterocycles. The van der Waals surface area contributed by atoms with Crippen molar-refractivity contribution in [3.8, 4) is 0 Å². The van der Waals surface area contributed by atoms with Gasteiger partial charge in [-0.1, -0.05) is 6.07 Å². The Morgan fingerprint density at radius 2 is 2.00 bits per heavy atom. The Bertz CT molecular complexity index is 352. The minimum atomic E-state index is -4.33. The third kappa shape index (κ3) is 2.60. The quantitative estimate of drug-likeness (QED) is 0.749. The highest BCUT2D eigenvalue weighted by atomic mass is 35.5. The lowest BCUT2D eigenvalue weighted by atomic mass is 10.1. The highest BCUT2D eigenvalue weighted by Crippen LogP contribution is 2.28. The first-order chi connectivity index (χ1) is 6.57. The molecule has 6 heteroatoms. The number of aromatic nitrogens is 1. The first kappa shape index (κ1) is 12.3. The fourth-order valence-corrected chi connectivity index (χ4v) is 1.50. The first-order valence-electron chi connectivity index (χ1n) is 4.34. The van der Waals surface area contributed by atoms with Gasteiger partial charge in [-0.15, -0.1) is 12.4 Å². The van der Waals surface area contributed by atoms with Crippen LogP contribution >= 0.6 is 12.4 Å². The molecule has 0 fully saturated rings. The fraction of sp³-hybridized carbons (Fsp3) is 0.444. The van der Waals surface area contributed by atoms with Crippen molar-refractivity contribution in [3.63, 3.8) is 0 Å². The Balaban J connectivity index is 0.00000112. The van der Waals surface area contributed by atoms with Gasteiger partial charge in [0.1, 0.15) is 5.69 Å². The molecule has 0 amide bonds. The molecule has 2 nitrogen and oxygen atoms in total. The van der Waals surface area contributed by atoms with Gasteiger partial charge in [0.05, 0.1) is 0 Å². The van der Waals surface area contributed by atoms with E-state index in [2.05, 4.69) is 10.3 Å². The predicted octanol–water partition coefficient (Wildman–Crippen LogP) is 2.17. The van der Waals surface area contributed by atoms with E-state index in [-0.39, 0.29) is 12.4 Å². The van der Waals surface area contributed by atoms with Crippen LogP contribution in [0.5, 0.6) is 0 Å². The molecular formula is C9H10ClF3N2. The number of pyridine rings is 1. The lowest BCUT2D eigenvalue weighted by molar-refractivity contribution is -0.141. The summed E-state index contributed by atoms with van der Waals surface area (Å²) < 4.78 is 36.8. The van der Waals surface area contributed by atoms with E-state index in [4.69, 9.17) is 0 Å². The Hall–Kier alpha value is -0.810. The number of rotatable bonds is 0. The van der Waals surface area contributed by atoms with Gasteiger partial charge in [-0.2, -0.15) is 13.2 Å². The average molecular weight is 239 g/mol. The Labute approximate surface area is 91.3 Å². The van der Waals surface area contributed by atoms with Crippen LogP contribution in [0.25, 0.3) is 0 Å². The van der Waals surface area contributed by atoms with Gasteiger partial charge >= 0.3 is 6.18 Å². The maximum absolute atomic E-state index is 12.3. The van der Waals surface area contributed by atoms with Gasteiger partial charge in [-0.3, -0.25) is 0 Å². The van der Waals surface area contributed by atoms with Crippen LogP contribution in [0, 0.1) is 0 Å². The number of nitrogens with zero attached hydrogens (tertiary/aromatic N) is 1. The maximum atomic E-state index is 12.3. The second-order valence-corrected chi connectivity index (χ2v) is 3.23. The monoisotopic (exact) mass is 238 g/mol. The molecule has 0 bridgehead atoms. The summed E-state index contributed by atoms with van der Waals surface area (Å²) in [6, 6.07) is 2.53. The largest absolute Gasteiger partial charge is 0.433 e. The van der Waals surface area contributed by atoms with Gasteiger partial charge in [0.15, 0.2) is 0 Å². The number of fused-ring (bicyclic) bond motifs is 1. The van der Waals surface area contributed by atoms with E-state index in [1.807, 2.05) is 0 Å². The number of halogens is 4. The summed E-state index contributed by atoms with van der Waals surface area (Å²) in [6.45, 7) is 1.31. The van der Waals surface area contributed by atoms with Crippen LogP contribution < -0.4 is 5.32 Å². The van der Waals surface area contributed by atoms with E-state index < -0.39 is 11.9 Å². The molecule has 1 N–H and O–H groups in total. The topological polar surface area (TPSA) is 24.9 Å². The lowest BCUT2D eigenvalue weighted by Crippen LogP contribution is -2.25. The van der Waals surface area contributed by atoms with Crippen LogP contribution in [0.15, 0.2) is 12.1 Å². The van der Waals surface area contributed by atoms with Crippen LogP contribution in [0.2, 0.25) is 0 Å². The van der Waals surface area contributed by atoms with Crippen molar-refractivity contribution in [3.05, 3.63) is 29.1 Å². The summed E-state index contributed by atoms with van der Waals surface area (Å²) in [5.74, 6) is 0. The summed E-state index contributed by atoms with van der Waals surface area (Å²) >= 11 is 0. The molecule has 2 heterocycles. The van der Waals surface area contributed by atoms with E-state index >= 15 is 0 Å². The predicted molar refractivity (Wildman–Crippen MR) is 51.9 cm³/mol. The third-order valence-electron chi connectivity index (χ3n) is 2.21. The molecule has 1 aliphatic rings. The van der Waals surface area contributed by atoms with E-state index in [0.29, 0.717) is 25.2 Å². The van der Waals surface area contributed by atoms with E-state index in [0.717, 1.165) is 11.6 Å². The molecule has 0 aromatic carbocycles. The van der Waals surface area contributed by atoms with Crippen LogP contribution in [-0.2, 0) is 19.1 Å². The Kier molecular flexibility index (Phi) is 3.57. The van der Waals surface area contributed by atoms with Gasteiger partial charge in [-0.05, 0) is 11.6 Å². The molecule has 15 heavy (non-hydrogen) atoms. The zero-order chi connectivity index (χ0) is 10.2. The Morgan fingerprint density at radius 1 is 1.27 bits per heavy atom. The zero-order valence-electron chi connectivity index (χ0n) is 7.77. The van der Waals surface area contributed by atoms with Crippen LogP contribution in [0.4, 0.5) is 13.2 Å². The summed E-state index contributed by atoms with van der Waals surface area (Å²) in [4.78, 5) is 3.62. The average Bonchev–Trinajstić information content (AvgIpc) is 2.16. The first-order valence-corrected chi connectivity index (χ1v) is 4.34. The number of hydrogen-bond acceptors (Lipinski definition) is 2. The molecule has 0 unspecified atom stereocenters. The lowest BCUT2D eigenvalue weighted by Gasteiger charge is -2.17. The molecule has 1 aromatic rings. The summed E-state index contributed by atoms with van der Waals surface area (Å²) in [5, 5.41) is 3.08. The molecule has 0 aliphatic carbocycles.